The molecule has 2 rings (SSSR count). The second kappa shape index (κ2) is 3.23. The average Bonchev–Trinajstić information content (AvgIpc) is 2.50. The van der Waals surface area contributed by atoms with Crippen molar-refractivity contribution in [3.05, 3.63) is 34.4 Å². The lowest BCUT2D eigenvalue weighted by atomic mass is 9.99. The summed E-state index contributed by atoms with van der Waals surface area (Å²) in [6.07, 6.45) is 1.92. The molecule has 0 heterocycles. The van der Waals surface area contributed by atoms with Crippen molar-refractivity contribution < 1.29 is 4.79 Å². The number of Topliss-reactive ketones (excluding diaryl/α,β-unsaturated/α-hetero) is 1. The molecule has 0 fully saturated rings. The number of carbonyl (C=O) groups excluding carboxylic acids is 1. The summed E-state index contributed by atoms with van der Waals surface area (Å²) in [4.78, 5) is 11.9. The summed E-state index contributed by atoms with van der Waals surface area (Å²) in [5.41, 5.74) is 4.88. The molecule has 0 bridgehead atoms. The summed E-state index contributed by atoms with van der Waals surface area (Å²) in [6, 6.07) is 4.06. The van der Waals surface area contributed by atoms with Gasteiger partial charge in [-0.05, 0) is 43.4 Å². The Kier molecular flexibility index (Phi) is 2.18. The van der Waals surface area contributed by atoms with E-state index in [1.165, 1.54) is 16.7 Å². The van der Waals surface area contributed by atoms with Crippen LogP contribution in [0.2, 0.25) is 0 Å². The third-order valence-electron chi connectivity index (χ3n) is 3.45. The van der Waals surface area contributed by atoms with E-state index in [1.807, 2.05) is 6.07 Å². The predicted molar refractivity (Wildman–Crippen MR) is 57.7 cm³/mol. The Labute approximate surface area is 85.1 Å². The van der Waals surface area contributed by atoms with Crippen molar-refractivity contribution in [2.75, 3.05) is 0 Å². The lowest BCUT2D eigenvalue weighted by molar-refractivity contribution is 0.0934. The molecule has 1 unspecified atom stereocenters. The summed E-state index contributed by atoms with van der Waals surface area (Å²) in [6.45, 7) is 6.33. The minimum atomic E-state index is 0.241. The molecule has 1 aromatic carbocycles. The molecule has 0 amide bonds. The maximum atomic E-state index is 11.9. The number of fused-ring (bicyclic) bond motifs is 1. The van der Waals surface area contributed by atoms with Gasteiger partial charge in [-0.25, -0.2) is 0 Å². The van der Waals surface area contributed by atoms with Crippen LogP contribution in [0.3, 0.4) is 0 Å². The van der Waals surface area contributed by atoms with Crippen LogP contribution in [0.15, 0.2) is 12.1 Å². The molecule has 1 atom stereocenters. The molecule has 0 spiro atoms. The number of ketones is 1. The fraction of sp³-hybridized carbons (Fsp3) is 0.462. The van der Waals surface area contributed by atoms with Crippen LogP contribution in [0, 0.1) is 19.8 Å². The van der Waals surface area contributed by atoms with Crippen molar-refractivity contribution in [2.45, 2.75) is 33.6 Å². The topological polar surface area (TPSA) is 17.1 Å². The van der Waals surface area contributed by atoms with E-state index in [1.54, 1.807) is 0 Å². The van der Waals surface area contributed by atoms with Crippen LogP contribution in [0.5, 0.6) is 0 Å². The second-order valence-electron chi connectivity index (χ2n) is 4.21. The highest BCUT2D eigenvalue weighted by Crippen LogP contribution is 2.32. The van der Waals surface area contributed by atoms with Crippen LogP contribution >= 0.6 is 0 Å². The Balaban J connectivity index is 2.53. The molecule has 74 valence electrons. The average molecular weight is 188 g/mol. The van der Waals surface area contributed by atoms with Crippen molar-refractivity contribution in [1.82, 2.24) is 0 Å². The summed E-state index contributed by atoms with van der Waals surface area (Å²) >= 11 is 0. The Morgan fingerprint density at radius 2 is 2.07 bits per heavy atom. The van der Waals surface area contributed by atoms with Crippen LogP contribution in [-0.2, 0) is 6.42 Å². The van der Waals surface area contributed by atoms with Crippen molar-refractivity contribution in [2.24, 2.45) is 5.92 Å². The van der Waals surface area contributed by atoms with Crippen molar-refractivity contribution >= 4 is 5.78 Å². The van der Waals surface area contributed by atoms with Gasteiger partial charge in [-0.15, -0.1) is 0 Å². The van der Waals surface area contributed by atoms with E-state index in [9.17, 15) is 4.79 Å². The molecular formula is C13H16O. The number of carbonyl (C=O) groups is 1. The van der Waals surface area contributed by atoms with Crippen LogP contribution in [0.1, 0.15) is 40.4 Å². The Morgan fingerprint density at radius 3 is 2.71 bits per heavy atom. The first-order valence-electron chi connectivity index (χ1n) is 5.28. The summed E-state index contributed by atoms with van der Waals surface area (Å²) in [7, 11) is 0. The number of aryl methyl sites for hydroxylation is 1. The quantitative estimate of drug-likeness (QED) is 0.662. The molecule has 0 aromatic heterocycles. The van der Waals surface area contributed by atoms with E-state index in [4.69, 9.17) is 0 Å². The van der Waals surface area contributed by atoms with Crippen LogP contribution in [-0.4, -0.2) is 5.78 Å². The first-order chi connectivity index (χ1) is 6.65. The first kappa shape index (κ1) is 9.45. The molecule has 1 aliphatic carbocycles. The van der Waals surface area contributed by atoms with Gasteiger partial charge in [0.05, 0.1) is 0 Å². The standard InChI is InChI=1S/C13H16O/c1-4-10-7-12-9(3)8(2)5-6-11(12)13(10)14/h5-6,10H,4,7H2,1-3H3. The molecule has 0 N–H and O–H groups in total. The molecule has 1 aromatic rings. The number of hydrogen-bond acceptors (Lipinski definition) is 1. The number of hydrogen-bond donors (Lipinski definition) is 0. The minimum Gasteiger partial charge on any atom is -0.294 e. The molecule has 0 aliphatic heterocycles. The van der Waals surface area contributed by atoms with Crippen molar-refractivity contribution in [3.8, 4) is 0 Å². The lowest BCUT2D eigenvalue weighted by Crippen LogP contribution is -2.06. The monoisotopic (exact) mass is 188 g/mol. The van der Waals surface area contributed by atoms with E-state index in [-0.39, 0.29) is 5.92 Å². The Bertz CT molecular complexity index is 390. The third-order valence-corrected chi connectivity index (χ3v) is 3.45. The van der Waals surface area contributed by atoms with Gasteiger partial charge in [-0.2, -0.15) is 0 Å². The highest BCUT2D eigenvalue weighted by molar-refractivity contribution is 6.02. The highest BCUT2D eigenvalue weighted by atomic mass is 16.1. The fourth-order valence-corrected chi connectivity index (χ4v) is 2.26. The van der Waals surface area contributed by atoms with Gasteiger partial charge in [0.25, 0.3) is 0 Å². The summed E-state index contributed by atoms with van der Waals surface area (Å²) in [5.74, 6) is 0.594. The highest BCUT2D eigenvalue weighted by Gasteiger charge is 2.30. The van der Waals surface area contributed by atoms with Crippen molar-refractivity contribution in [3.63, 3.8) is 0 Å². The smallest absolute Gasteiger partial charge is 0.166 e. The molecule has 14 heavy (non-hydrogen) atoms. The zero-order valence-corrected chi connectivity index (χ0v) is 9.05. The van der Waals surface area contributed by atoms with Crippen molar-refractivity contribution in [1.29, 1.82) is 0 Å². The lowest BCUT2D eigenvalue weighted by Gasteiger charge is -2.05. The maximum absolute atomic E-state index is 11.9. The van der Waals surface area contributed by atoms with E-state index < -0.39 is 0 Å². The van der Waals surface area contributed by atoms with Gasteiger partial charge in [0.15, 0.2) is 5.78 Å². The zero-order valence-electron chi connectivity index (χ0n) is 9.05. The predicted octanol–water partition coefficient (Wildman–Crippen LogP) is 3.07. The second-order valence-corrected chi connectivity index (χ2v) is 4.21. The Hall–Kier alpha value is -1.11. The van der Waals surface area contributed by atoms with E-state index in [0.717, 1.165) is 18.4 Å². The van der Waals surface area contributed by atoms with Crippen LogP contribution in [0.25, 0.3) is 0 Å². The molecular weight excluding hydrogens is 172 g/mol. The van der Waals surface area contributed by atoms with Crippen LogP contribution in [0.4, 0.5) is 0 Å². The zero-order chi connectivity index (χ0) is 10.3. The molecule has 0 saturated carbocycles. The normalized spacial score (nSPS) is 19.9. The number of benzene rings is 1. The molecule has 1 aliphatic rings. The first-order valence-corrected chi connectivity index (χ1v) is 5.28. The minimum absolute atomic E-state index is 0.241. The summed E-state index contributed by atoms with van der Waals surface area (Å²) < 4.78 is 0. The molecule has 1 nitrogen and oxygen atoms in total. The van der Waals surface area contributed by atoms with Gasteiger partial charge in [0, 0.05) is 11.5 Å². The fourth-order valence-electron chi connectivity index (χ4n) is 2.26. The largest absolute Gasteiger partial charge is 0.294 e. The summed E-state index contributed by atoms with van der Waals surface area (Å²) in [5, 5.41) is 0. The van der Waals surface area contributed by atoms with E-state index in [2.05, 4.69) is 26.8 Å². The van der Waals surface area contributed by atoms with E-state index >= 15 is 0 Å². The van der Waals surface area contributed by atoms with Gasteiger partial charge >= 0.3 is 0 Å². The van der Waals surface area contributed by atoms with Gasteiger partial charge in [-0.1, -0.05) is 19.1 Å². The van der Waals surface area contributed by atoms with Gasteiger partial charge in [-0.3, -0.25) is 4.79 Å². The van der Waals surface area contributed by atoms with Gasteiger partial charge in [0.2, 0.25) is 0 Å². The third kappa shape index (κ3) is 1.19. The molecule has 0 radical (unpaired) electrons. The van der Waals surface area contributed by atoms with Gasteiger partial charge < -0.3 is 0 Å². The van der Waals surface area contributed by atoms with Gasteiger partial charge in [0.1, 0.15) is 0 Å². The van der Waals surface area contributed by atoms with E-state index in [0.29, 0.717) is 5.78 Å². The SMILES string of the molecule is CCC1Cc2c(ccc(C)c2C)C1=O. The molecule has 1 heteroatoms. The van der Waals surface area contributed by atoms with Crippen LogP contribution < -0.4 is 0 Å². The maximum Gasteiger partial charge on any atom is 0.166 e. The number of rotatable bonds is 1. The molecule has 0 saturated heterocycles. The Morgan fingerprint density at radius 1 is 1.36 bits per heavy atom.